The van der Waals surface area contributed by atoms with Crippen molar-refractivity contribution in [1.29, 1.82) is 0 Å². The van der Waals surface area contributed by atoms with E-state index in [1.54, 1.807) is 18.2 Å². The fraction of sp³-hybridized carbons (Fsp3) is 0.571. The molecule has 0 aliphatic carbocycles. The van der Waals surface area contributed by atoms with Gasteiger partial charge in [0.2, 0.25) is 0 Å². The van der Waals surface area contributed by atoms with E-state index in [9.17, 15) is 4.39 Å². The molecule has 0 aliphatic rings. The highest BCUT2D eigenvalue weighted by Gasteiger charge is 2.08. The number of hydrogen-bond acceptors (Lipinski definition) is 3. The van der Waals surface area contributed by atoms with E-state index in [0.717, 1.165) is 0 Å². The zero-order valence-electron chi connectivity index (χ0n) is 11.0. The van der Waals surface area contributed by atoms with E-state index in [0.29, 0.717) is 31.8 Å². The summed E-state index contributed by atoms with van der Waals surface area (Å²) in [7, 11) is 0. The molecule has 0 saturated heterocycles. The molecular formula is C14H21FO3. The number of benzene rings is 1. The van der Waals surface area contributed by atoms with Crippen LogP contribution in [-0.2, 0) is 20.8 Å². The molecule has 4 heteroatoms. The molecule has 0 aliphatic heterocycles. The van der Waals surface area contributed by atoms with Crippen LogP contribution in [0.15, 0.2) is 24.3 Å². The summed E-state index contributed by atoms with van der Waals surface area (Å²) in [6, 6.07) is 6.61. The first-order valence-corrected chi connectivity index (χ1v) is 6.32. The lowest BCUT2D eigenvalue weighted by atomic mass is 10.2. The minimum Gasteiger partial charge on any atom is -0.376 e. The van der Waals surface area contributed by atoms with Gasteiger partial charge in [-0.1, -0.05) is 18.2 Å². The van der Waals surface area contributed by atoms with Crippen molar-refractivity contribution < 1.29 is 18.6 Å². The molecule has 0 fully saturated rings. The van der Waals surface area contributed by atoms with Gasteiger partial charge in [0, 0.05) is 25.2 Å². The van der Waals surface area contributed by atoms with Gasteiger partial charge in [-0.05, 0) is 19.9 Å². The Morgan fingerprint density at radius 3 is 2.39 bits per heavy atom. The van der Waals surface area contributed by atoms with Crippen LogP contribution in [0.2, 0.25) is 0 Å². The van der Waals surface area contributed by atoms with Gasteiger partial charge in [0.1, 0.15) is 5.82 Å². The van der Waals surface area contributed by atoms with Crippen molar-refractivity contribution >= 4 is 0 Å². The van der Waals surface area contributed by atoms with Crippen LogP contribution in [0.1, 0.15) is 25.8 Å². The van der Waals surface area contributed by atoms with Crippen LogP contribution < -0.4 is 0 Å². The molecule has 1 aromatic rings. The Morgan fingerprint density at radius 1 is 1.11 bits per heavy atom. The highest BCUT2D eigenvalue weighted by atomic mass is 19.1. The summed E-state index contributed by atoms with van der Waals surface area (Å²) in [6.07, 6.45) is 0.413. The molecule has 0 atom stereocenters. The number of hydrogen-bond donors (Lipinski definition) is 0. The minimum absolute atomic E-state index is 0.233. The first-order chi connectivity index (χ1) is 8.77. The molecule has 1 rings (SSSR count). The first kappa shape index (κ1) is 15.1. The second-order valence-electron chi connectivity index (χ2n) is 3.77. The number of ether oxygens (including phenoxy) is 3. The van der Waals surface area contributed by atoms with Crippen LogP contribution in [0.3, 0.4) is 0 Å². The Labute approximate surface area is 108 Å². The van der Waals surface area contributed by atoms with Gasteiger partial charge >= 0.3 is 0 Å². The monoisotopic (exact) mass is 256 g/mol. The van der Waals surface area contributed by atoms with Gasteiger partial charge in [-0.15, -0.1) is 0 Å². The molecule has 0 N–H and O–H groups in total. The van der Waals surface area contributed by atoms with Gasteiger partial charge in [0.25, 0.3) is 0 Å². The van der Waals surface area contributed by atoms with Crippen LogP contribution in [0.4, 0.5) is 4.39 Å². The summed E-state index contributed by atoms with van der Waals surface area (Å²) >= 11 is 0. The van der Waals surface area contributed by atoms with Crippen molar-refractivity contribution in [3.05, 3.63) is 35.6 Å². The summed E-state index contributed by atoms with van der Waals surface area (Å²) in [5, 5.41) is 0. The van der Waals surface area contributed by atoms with Crippen molar-refractivity contribution in [2.45, 2.75) is 33.2 Å². The molecule has 0 spiro atoms. The molecule has 18 heavy (non-hydrogen) atoms. The van der Waals surface area contributed by atoms with E-state index >= 15 is 0 Å². The summed E-state index contributed by atoms with van der Waals surface area (Å²) in [5.41, 5.74) is 0.571. The van der Waals surface area contributed by atoms with Gasteiger partial charge < -0.3 is 14.2 Å². The Bertz CT molecular complexity index is 325. The third-order valence-electron chi connectivity index (χ3n) is 2.42. The number of halogens is 1. The predicted octanol–water partition coefficient (Wildman–Crippen LogP) is 3.13. The molecule has 1 aromatic carbocycles. The predicted molar refractivity (Wildman–Crippen MR) is 67.7 cm³/mol. The van der Waals surface area contributed by atoms with Gasteiger partial charge in [0.15, 0.2) is 6.29 Å². The van der Waals surface area contributed by atoms with Gasteiger partial charge in [0.05, 0.1) is 13.2 Å². The maximum Gasteiger partial charge on any atom is 0.159 e. The fourth-order valence-electron chi connectivity index (χ4n) is 1.56. The minimum atomic E-state index is -0.236. The molecule has 0 heterocycles. The quantitative estimate of drug-likeness (QED) is 0.502. The summed E-state index contributed by atoms with van der Waals surface area (Å²) in [5.74, 6) is -0.233. The molecule has 0 unspecified atom stereocenters. The van der Waals surface area contributed by atoms with E-state index in [1.807, 2.05) is 13.8 Å². The molecule has 0 aromatic heterocycles. The lowest BCUT2D eigenvalue weighted by Gasteiger charge is -2.16. The van der Waals surface area contributed by atoms with Gasteiger partial charge in [-0.25, -0.2) is 4.39 Å². The van der Waals surface area contributed by atoms with Crippen molar-refractivity contribution in [3.63, 3.8) is 0 Å². The second-order valence-corrected chi connectivity index (χ2v) is 3.77. The smallest absolute Gasteiger partial charge is 0.159 e. The lowest BCUT2D eigenvalue weighted by molar-refractivity contribution is -0.147. The van der Waals surface area contributed by atoms with Crippen LogP contribution in [-0.4, -0.2) is 26.1 Å². The topological polar surface area (TPSA) is 27.7 Å². The van der Waals surface area contributed by atoms with E-state index in [1.165, 1.54) is 6.07 Å². The zero-order chi connectivity index (χ0) is 13.2. The Kier molecular flexibility index (Phi) is 7.57. The normalized spacial score (nSPS) is 11.1. The largest absolute Gasteiger partial charge is 0.376 e. The van der Waals surface area contributed by atoms with Crippen LogP contribution in [0, 0.1) is 5.82 Å². The lowest BCUT2D eigenvalue weighted by Crippen LogP contribution is -2.19. The third kappa shape index (κ3) is 5.58. The standard InChI is InChI=1S/C14H21FO3/c1-3-17-14(18-4-2)9-10-16-11-12-7-5-6-8-13(12)15/h5-8,14H,3-4,9-11H2,1-2H3. The van der Waals surface area contributed by atoms with Crippen molar-refractivity contribution in [2.24, 2.45) is 0 Å². The molecule has 0 saturated carbocycles. The molecular weight excluding hydrogens is 235 g/mol. The number of rotatable bonds is 9. The Morgan fingerprint density at radius 2 is 1.78 bits per heavy atom. The first-order valence-electron chi connectivity index (χ1n) is 6.32. The average molecular weight is 256 g/mol. The fourth-order valence-corrected chi connectivity index (χ4v) is 1.56. The van der Waals surface area contributed by atoms with Gasteiger partial charge in [-0.2, -0.15) is 0 Å². The van der Waals surface area contributed by atoms with Gasteiger partial charge in [-0.3, -0.25) is 0 Å². The molecule has 102 valence electrons. The second kappa shape index (κ2) is 9.03. The van der Waals surface area contributed by atoms with Crippen molar-refractivity contribution in [3.8, 4) is 0 Å². The molecule has 0 radical (unpaired) electrons. The summed E-state index contributed by atoms with van der Waals surface area (Å²) in [6.45, 7) is 5.82. The summed E-state index contributed by atoms with van der Waals surface area (Å²) in [4.78, 5) is 0. The maximum absolute atomic E-state index is 13.3. The van der Waals surface area contributed by atoms with E-state index < -0.39 is 0 Å². The zero-order valence-corrected chi connectivity index (χ0v) is 11.0. The van der Waals surface area contributed by atoms with E-state index in [2.05, 4.69) is 0 Å². The molecule has 0 bridgehead atoms. The van der Waals surface area contributed by atoms with E-state index in [4.69, 9.17) is 14.2 Å². The van der Waals surface area contributed by atoms with Crippen LogP contribution in [0.5, 0.6) is 0 Å². The summed E-state index contributed by atoms with van der Waals surface area (Å²) < 4.78 is 29.5. The Balaban J connectivity index is 2.23. The van der Waals surface area contributed by atoms with Crippen molar-refractivity contribution in [1.82, 2.24) is 0 Å². The molecule has 3 nitrogen and oxygen atoms in total. The third-order valence-corrected chi connectivity index (χ3v) is 2.42. The SMILES string of the molecule is CCOC(CCOCc1ccccc1F)OCC. The highest BCUT2D eigenvalue weighted by Crippen LogP contribution is 2.08. The van der Waals surface area contributed by atoms with Crippen LogP contribution in [0.25, 0.3) is 0 Å². The average Bonchev–Trinajstić information content (AvgIpc) is 2.37. The Hall–Kier alpha value is -0.970. The van der Waals surface area contributed by atoms with Crippen molar-refractivity contribution in [2.75, 3.05) is 19.8 Å². The van der Waals surface area contributed by atoms with Crippen LogP contribution >= 0.6 is 0 Å². The maximum atomic E-state index is 13.3. The highest BCUT2D eigenvalue weighted by molar-refractivity contribution is 5.16. The van der Waals surface area contributed by atoms with E-state index in [-0.39, 0.29) is 18.7 Å². The molecule has 0 amide bonds.